The molecule has 0 unspecified atom stereocenters. The fraction of sp³-hybridized carbons (Fsp3) is 0.0227. The van der Waals surface area contributed by atoms with Crippen LogP contribution in [0.25, 0.3) is 77.6 Å². The summed E-state index contributed by atoms with van der Waals surface area (Å²) in [5, 5.41) is 10.1. The van der Waals surface area contributed by atoms with Gasteiger partial charge >= 0.3 is 0 Å². The molecule has 0 radical (unpaired) electrons. The zero-order valence-electron chi connectivity index (χ0n) is 25.8. The van der Waals surface area contributed by atoms with Crippen LogP contribution in [0.15, 0.2) is 158 Å². The molecule has 3 N–H and O–H groups in total. The molecular formula is C44H34N2. The van der Waals surface area contributed by atoms with Crippen molar-refractivity contribution in [1.82, 2.24) is 0 Å². The predicted octanol–water partition coefficient (Wildman–Crippen LogP) is 11.6. The number of nitrogens with two attached hydrogens (primary N) is 1. The molecule has 2 heteroatoms. The SMILES string of the molecule is C=C/C(=C\C=N)c1ccc(-c2cc(-c3ccc(C(/C=C\N)=C/C)cc3)cc(-c3ccc4c5c(cccc35)-c3ccccc3-4)c2)cc1. The van der Waals surface area contributed by atoms with Crippen LogP contribution < -0.4 is 5.73 Å². The maximum absolute atomic E-state index is 7.51. The lowest BCUT2D eigenvalue weighted by Crippen LogP contribution is -1.89. The van der Waals surface area contributed by atoms with Crippen molar-refractivity contribution in [3.05, 3.63) is 170 Å². The molecule has 6 aromatic carbocycles. The largest absolute Gasteiger partial charge is 0.405 e. The Morgan fingerprint density at radius 3 is 1.70 bits per heavy atom. The average Bonchev–Trinajstić information content (AvgIpc) is 3.44. The number of hydrogen-bond acceptors (Lipinski definition) is 2. The molecule has 0 saturated carbocycles. The van der Waals surface area contributed by atoms with Crippen LogP contribution in [0.3, 0.4) is 0 Å². The summed E-state index contributed by atoms with van der Waals surface area (Å²) in [5.41, 5.74) is 22.1. The van der Waals surface area contributed by atoms with Crippen molar-refractivity contribution in [2.24, 2.45) is 5.73 Å². The third kappa shape index (κ3) is 5.00. The Morgan fingerprint density at radius 2 is 1.13 bits per heavy atom. The van der Waals surface area contributed by atoms with Crippen molar-refractivity contribution in [2.45, 2.75) is 6.92 Å². The topological polar surface area (TPSA) is 49.9 Å². The highest BCUT2D eigenvalue weighted by Crippen LogP contribution is 2.49. The minimum atomic E-state index is 0.926. The van der Waals surface area contributed by atoms with Gasteiger partial charge in [-0.1, -0.05) is 122 Å². The highest BCUT2D eigenvalue weighted by molar-refractivity contribution is 6.18. The Balaban J connectivity index is 1.40. The van der Waals surface area contributed by atoms with Crippen LogP contribution >= 0.6 is 0 Å². The lowest BCUT2D eigenvalue weighted by Gasteiger charge is -2.15. The van der Waals surface area contributed by atoms with E-state index in [-0.39, 0.29) is 0 Å². The highest BCUT2D eigenvalue weighted by atomic mass is 14.5. The highest BCUT2D eigenvalue weighted by Gasteiger charge is 2.22. The molecule has 0 spiro atoms. The molecule has 2 nitrogen and oxygen atoms in total. The van der Waals surface area contributed by atoms with Gasteiger partial charge in [-0.15, -0.1) is 0 Å². The normalized spacial score (nSPS) is 12.5. The molecule has 0 aromatic heterocycles. The maximum Gasteiger partial charge on any atom is 0.0183 e. The number of fused-ring (bicyclic) bond motifs is 3. The van der Waals surface area contributed by atoms with Crippen molar-refractivity contribution in [3.8, 4) is 55.6 Å². The van der Waals surface area contributed by atoms with E-state index in [1.54, 1.807) is 18.4 Å². The van der Waals surface area contributed by atoms with Gasteiger partial charge in [-0.05, 0) is 132 Å². The molecule has 6 aromatic rings. The summed E-state index contributed by atoms with van der Waals surface area (Å²) in [7, 11) is 0. The molecule has 1 aliphatic carbocycles. The standard InChI is InChI=1S/C44H34N2/c1-3-29(22-24-45)31-12-16-33(17-13-31)35-26-36(34-18-14-32(15-19-34)30(4-2)23-25-46)28-37(27-35)38-20-21-43-40-9-6-5-8-39(40)42-11-7-10-41(38)44(42)43/h3-28,45H,1,46H2,2H3/b25-23-,29-22+,30-4+,45-24?. The zero-order valence-corrected chi connectivity index (χ0v) is 25.8. The van der Waals surface area contributed by atoms with Crippen LogP contribution in [0.5, 0.6) is 0 Å². The number of benzene rings is 6. The predicted molar refractivity (Wildman–Crippen MR) is 199 cm³/mol. The number of allylic oxidation sites excluding steroid dienone is 6. The molecule has 7 rings (SSSR count). The summed E-state index contributed by atoms with van der Waals surface area (Å²) in [4.78, 5) is 0. The van der Waals surface area contributed by atoms with Gasteiger partial charge in [0.05, 0.1) is 0 Å². The monoisotopic (exact) mass is 590 g/mol. The van der Waals surface area contributed by atoms with Gasteiger partial charge in [0.1, 0.15) is 0 Å². The first-order valence-electron chi connectivity index (χ1n) is 15.5. The minimum absolute atomic E-state index is 0.926. The zero-order chi connectivity index (χ0) is 31.6. The van der Waals surface area contributed by atoms with Gasteiger partial charge in [0.25, 0.3) is 0 Å². The Labute approximate surface area is 270 Å². The second kappa shape index (κ2) is 12.2. The summed E-state index contributed by atoms with van der Waals surface area (Å²) in [5.74, 6) is 0. The maximum atomic E-state index is 7.51. The van der Waals surface area contributed by atoms with Crippen molar-refractivity contribution >= 4 is 28.1 Å². The molecule has 0 amide bonds. The van der Waals surface area contributed by atoms with E-state index >= 15 is 0 Å². The van der Waals surface area contributed by atoms with Gasteiger partial charge in [-0.25, -0.2) is 0 Å². The minimum Gasteiger partial charge on any atom is -0.405 e. The Bertz CT molecular complexity index is 2200. The van der Waals surface area contributed by atoms with Crippen molar-refractivity contribution in [1.29, 1.82) is 5.41 Å². The van der Waals surface area contributed by atoms with E-state index in [1.807, 2.05) is 13.0 Å². The third-order valence-corrected chi connectivity index (χ3v) is 8.96. The van der Waals surface area contributed by atoms with E-state index in [9.17, 15) is 0 Å². The quantitative estimate of drug-likeness (QED) is 0.134. The van der Waals surface area contributed by atoms with Gasteiger partial charge in [0, 0.05) is 6.21 Å². The summed E-state index contributed by atoms with van der Waals surface area (Å²) < 4.78 is 0. The van der Waals surface area contributed by atoms with E-state index in [4.69, 9.17) is 11.1 Å². The lowest BCUT2D eigenvalue weighted by molar-refractivity contribution is 1.53. The molecule has 220 valence electrons. The van der Waals surface area contributed by atoms with E-state index in [2.05, 4.69) is 134 Å². The number of rotatable bonds is 8. The first kappa shape index (κ1) is 28.8. The Morgan fingerprint density at radius 1 is 0.587 bits per heavy atom. The molecular weight excluding hydrogens is 556 g/mol. The van der Waals surface area contributed by atoms with E-state index in [0.717, 1.165) is 44.5 Å². The van der Waals surface area contributed by atoms with Gasteiger partial charge < -0.3 is 11.1 Å². The molecule has 46 heavy (non-hydrogen) atoms. The third-order valence-electron chi connectivity index (χ3n) is 8.96. The summed E-state index contributed by atoms with van der Waals surface area (Å²) in [6, 6.07) is 44.1. The fourth-order valence-corrected chi connectivity index (χ4v) is 6.72. The molecule has 1 aliphatic rings. The number of nitrogens with one attached hydrogen (secondary N) is 1. The summed E-state index contributed by atoms with van der Waals surface area (Å²) >= 11 is 0. The summed E-state index contributed by atoms with van der Waals surface area (Å²) in [6.45, 7) is 5.96. The van der Waals surface area contributed by atoms with Crippen molar-refractivity contribution in [3.63, 3.8) is 0 Å². The molecule has 0 heterocycles. The van der Waals surface area contributed by atoms with Gasteiger partial charge in [0.2, 0.25) is 0 Å². The van der Waals surface area contributed by atoms with Crippen LogP contribution in [0.4, 0.5) is 0 Å². The first-order chi connectivity index (χ1) is 22.6. The second-order valence-corrected chi connectivity index (χ2v) is 11.5. The molecule has 0 saturated heterocycles. The first-order valence-corrected chi connectivity index (χ1v) is 15.5. The number of hydrogen-bond donors (Lipinski definition) is 2. The van der Waals surface area contributed by atoms with Crippen molar-refractivity contribution < 1.29 is 0 Å². The van der Waals surface area contributed by atoms with E-state index in [0.29, 0.717) is 0 Å². The molecule has 0 aliphatic heterocycles. The van der Waals surface area contributed by atoms with Crippen LogP contribution in [0.2, 0.25) is 0 Å². The molecule has 0 fully saturated rings. The van der Waals surface area contributed by atoms with Crippen molar-refractivity contribution in [2.75, 3.05) is 0 Å². The van der Waals surface area contributed by atoms with Gasteiger partial charge in [0.15, 0.2) is 0 Å². The van der Waals surface area contributed by atoms with E-state index in [1.165, 1.54) is 50.4 Å². The molecule has 0 atom stereocenters. The van der Waals surface area contributed by atoms with Gasteiger partial charge in [-0.2, -0.15) is 0 Å². The summed E-state index contributed by atoms with van der Waals surface area (Å²) in [6.07, 6.45) is 10.4. The van der Waals surface area contributed by atoms with Crippen LogP contribution in [-0.2, 0) is 0 Å². The Kier molecular flexibility index (Phi) is 7.62. The van der Waals surface area contributed by atoms with Crippen LogP contribution in [0, 0.1) is 5.41 Å². The molecule has 0 bridgehead atoms. The smallest absolute Gasteiger partial charge is 0.0183 e. The fourth-order valence-electron chi connectivity index (χ4n) is 6.72. The average molecular weight is 591 g/mol. The second-order valence-electron chi connectivity index (χ2n) is 11.5. The lowest BCUT2D eigenvalue weighted by atomic mass is 9.89. The van der Waals surface area contributed by atoms with Gasteiger partial charge in [-0.3, -0.25) is 0 Å². The van der Waals surface area contributed by atoms with E-state index < -0.39 is 0 Å². The van der Waals surface area contributed by atoms with Crippen LogP contribution in [0.1, 0.15) is 18.1 Å². The van der Waals surface area contributed by atoms with Crippen LogP contribution in [-0.4, -0.2) is 6.21 Å². The Hall–Kier alpha value is -5.99.